The van der Waals surface area contributed by atoms with Crippen LogP contribution in [0, 0.1) is 5.82 Å². The number of alkyl halides is 3. The molecule has 0 amide bonds. The quantitative estimate of drug-likeness (QED) is 0.579. The molecule has 0 saturated heterocycles. The first kappa shape index (κ1) is 22.1. The predicted molar refractivity (Wildman–Crippen MR) is 91.8 cm³/mol. The molecule has 2 aromatic rings. The summed E-state index contributed by atoms with van der Waals surface area (Å²) in [5, 5.41) is -0.444. The largest absolute Gasteiger partial charge is 0.431 e. The predicted octanol–water partition coefficient (Wildman–Crippen LogP) is 2.47. The molecule has 13 heteroatoms. The smallest absolute Gasteiger partial charge is 0.292 e. The van der Waals surface area contributed by atoms with Crippen molar-refractivity contribution < 1.29 is 30.5 Å². The van der Waals surface area contributed by atoms with Crippen LogP contribution >= 0.6 is 11.6 Å². The van der Waals surface area contributed by atoms with E-state index >= 15 is 0 Å². The monoisotopic (exact) mass is 444 g/mol. The minimum absolute atomic E-state index is 0.100. The van der Waals surface area contributed by atoms with E-state index in [4.69, 9.17) is 11.6 Å². The first-order valence-electron chi connectivity index (χ1n) is 7.37. The Balaban J connectivity index is 2.92. The number of rotatable bonds is 3. The van der Waals surface area contributed by atoms with Crippen LogP contribution in [0.5, 0.6) is 0 Å². The van der Waals surface area contributed by atoms with Crippen LogP contribution in [-0.4, -0.2) is 22.1 Å². The van der Waals surface area contributed by atoms with Gasteiger partial charge in [0.15, 0.2) is 0 Å². The summed E-state index contributed by atoms with van der Waals surface area (Å²) in [6, 6.07) is 1.40. The van der Waals surface area contributed by atoms with E-state index in [1.54, 1.807) is 0 Å². The van der Waals surface area contributed by atoms with Crippen LogP contribution in [0.2, 0.25) is 5.02 Å². The van der Waals surface area contributed by atoms with Crippen LogP contribution in [0.25, 0.3) is 5.69 Å². The molecule has 1 N–H and O–H groups in total. The fraction of sp³-hybridized carbons (Fsp3) is 0.333. The van der Waals surface area contributed by atoms with Crippen LogP contribution < -0.4 is 11.2 Å². The lowest BCUT2D eigenvalue weighted by atomic mass is 10.0. The molecule has 1 aromatic heterocycles. The van der Waals surface area contributed by atoms with Crippen LogP contribution in [0.15, 0.2) is 27.8 Å². The summed E-state index contributed by atoms with van der Waals surface area (Å²) in [5.74, 6) is -1.26. The van der Waals surface area contributed by atoms with Crippen molar-refractivity contribution in [2.45, 2.75) is 24.8 Å². The SMILES string of the molecule is Cn1c(C(F)(F)F)cc(=O)n(-c2cc(C(C)(C)S(=O)(=O)O)c(Cl)cc2F)c1=O. The average molecular weight is 445 g/mol. The van der Waals surface area contributed by atoms with Gasteiger partial charge >= 0.3 is 11.9 Å². The summed E-state index contributed by atoms with van der Waals surface area (Å²) >= 11 is 5.84. The van der Waals surface area contributed by atoms with Gasteiger partial charge in [-0.2, -0.15) is 21.6 Å². The second-order valence-electron chi connectivity index (χ2n) is 6.31. The van der Waals surface area contributed by atoms with Crippen molar-refractivity contribution in [3.8, 4) is 5.69 Å². The minimum Gasteiger partial charge on any atom is -0.292 e. The molecule has 2 rings (SSSR count). The fourth-order valence-electron chi connectivity index (χ4n) is 2.43. The van der Waals surface area contributed by atoms with Crippen molar-refractivity contribution in [1.29, 1.82) is 0 Å². The minimum atomic E-state index is -5.01. The third-order valence-electron chi connectivity index (χ3n) is 4.18. The molecule has 0 saturated carbocycles. The standard InChI is InChI=1S/C15H13ClF4N2O5S/c1-14(2,28(25,26)27)7-4-10(9(17)5-8(7)16)22-12(23)6-11(15(18,19)20)21(3)13(22)24/h4-6H,1-3H3,(H,25,26,27). The molecule has 0 aliphatic rings. The zero-order valence-electron chi connectivity index (χ0n) is 14.5. The van der Waals surface area contributed by atoms with E-state index in [0.29, 0.717) is 12.1 Å². The number of hydrogen-bond acceptors (Lipinski definition) is 4. The van der Waals surface area contributed by atoms with E-state index in [1.807, 2.05) is 0 Å². The van der Waals surface area contributed by atoms with Crippen LogP contribution in [-0.2, 0) is 28.1 Å². The molecule has 0 aliphatic heterocycles. The summed E-state index contributed by atoms with van der Waals surface area (Å²) in [6.45, 7) is 2.05. The second kappa shape index (κ2) is 6.71. The molecule has 0 spiro atoms. The van der Waals surface area contributed by atoms with Crippen molar-refractivity contribution in [2.24, 2.45) is 7.05 Å². The third kappa shape index (κ3) is 3.59. The highest BCUT2D eigenvalue weighted by atomic mass is 35.5. The maximum atomic E-state index is 14.4. The summed E-state index contributed by atoms with van der Waals surface area (Å²) < 4.78 is 84.0. The van der Waals surface area contributed by atoms with Gasteiger partial charge in [-0.3, -0.25) is 13.9 Å². The maximum Gasteiger partial charge on any atom is 0.431 e. The van der Waals surface area contributed by atoms with E-state index in [2.05, 4.69) is 0 Å². The molecule has 0 unspecified atom stereocenters. The molecule has 0 fully saturated rings. The Labute approximate surface area is 160 Å². The first-order chi connectivity index (χ1) is 12.5. The molecule has 1 aromatic carbocycles. The zero-order chi connectivity index (χ0) is 21.8. The van der Waals surface area contributed by atoms with Crippen molar-refractivity contribution in [3.05, 3.63) is 61.1 Å². The third-order valence-corrected chi connectivity index (χ3v) is 6.00. The number of nitrogens with zero attached hydrogens (tertiary/aromatic N) is 2. The first-order valence-corrected chi connectivity index (χ1v) is 9.19. The van der Waals surface area contributed by atoms with Crippen molar-refractivity contribution in [1.82, 2.24) is 9.13 Å². The Morgan fingerprint density at radius 1 is 1.11 bits per heavy atom. The lowest BCUT2D eigenvalue weighted by Gasteiger charge is -2.24. The van der Waals surface area contributed by atoms with E-state index in [0.717, 1.165) is 20.9 Å². The lowest BCUT2D eigenvalue weighted by Crippen LogP contribution is -2.41. The molecule has 0 atom stereocenters. The molecular formula is C15H13ClF4N2O5S. The van der Waals surface area contributed by atoms with E-state index in [1.165, 1.54) is 0 Å². The van der Waals surface area contributed by atoms with Crippen LogP contribution in [0.4, 0.5) is 17.6 Å². The zero-order valence-corrected chi connectivity index (χ0v) is 16.1. The van der Waals surface area contributed by atoms with Gasteiger partial charge in [0, 0.05) is 18.1 Å². The van der Waals surface area contributed by atoms with Crippen LogP contribution in [0.1, 0.15) is 25.1 Å². The highest BCUT2D eigenvalue weighted by molar-refractivity contribution is 7.86. The van der Waals surface area contributed by atoms with Crippen molar-refractivity contribution >= 4 is 21.7 Å². The van der Waals surface area contributed by atoms with E-state index in [-0.39, 0.29) is 20.8 Å². The molecule has 28 heavy (non-hydrogen) atoms. The fourth-order valence-corrected chi connectivity index (χ4v) is 3.32. The van der Waals surface area contributed by atoms with Crippen molar-refractivity contribution in [2.75, 3.05) is 0 Å². The van der Waals surface area contributed by atoms with Gasteiger partial charge in [0.25, 0.3) is 15.7 Å². The Bertz CT molecular complexity index is 1180. The van der Waals surface area contributed by atoms with Gasteiger partial charge in [-0.15, -0.1) is 0 Å². The molecule has 0 bridgehead atoms. The highest BCUT2D eigenvalue weighted by Gasteiger charge is 2.38. The van der Waals surface area contributed by atoms with Gasteiger partial charge in [-0.05, 0) is 31.5 Å². The molecular weight excluding hydrogens is 432 g/mol. The van der Waals surface area contributed by atoms with Gasteiger partial charge in [0.05, 0.1) is 5.69 Å². The summed E-state index contributed by atoms with van der Waals surface area (Å²) in [6.07, 6.45) is -5.01. The van der Waals surface area contributed by atoms with Gasteiger partial charge < -0.3 is 0 Å². The Kier molecular flexibility index (Phi) is 5.30. The van der Waals surface area contributed by atoms with Gasteiger partial charge in [0.1, 0.15) is 16.3 Å². The Hall–Kier alpha value is -2.18. The molecule has 1 heterocycles. The van der Waals surface area contributed by atoms with Gasteiger partial charge in [-0.25, -0.2) is 13.8 Å². The molecule has 0 aliphatic carbocycles. The summed E-state index contributed by atoms with van der Waals surface area (Å²) in [4.78, 5) is 24.4. The number of aromatic nitrogens is 2. The van der Waals surface area contributed by atoms with Gasteiger partial charge in [-0.1, -0.05) is 11.6 Å². The molecule has 154 valence electrons. The van der Waals surface area contributed by atoms with Crippen LogP contribution in [0.3, 0.4) is 0 Å². The Morgan fingerprint density at radius 2 is 1.64 bits per heavy atom. The maximum absolute atomic E-state index is 14.4. The average Bonchev–Trinajstić information content (AvgIpc) is 2.50. The Morgan fingerprint density at radius 3 is 2.11 bits per heavy atom. The van der Waals surface area contributed by atoms with E-state index in [9.17, 15) is 40.1 Å². The summed E-state index contributed by atoms with van der Waals surface area (Å²) in [7, 11) is -4.04. The van der Waals surface area contributed by atoms with E-state index < -0.39 is 54.5 Å². The topological polar surface area (TPSA) is 98.4 Å². The second-order valence-corrected chi connectivity index (χ2v) is 8.69. The number of halogens is 5. The highest BCUT2D eigenvalue weighted by Crippen LogP contribution is 2.36. The molecule has 0 radical (unpaired) electrons. The summed E-state index contributed by atoms with van der Waals surface area (Å²) in [5.41, 5.74) is -5.76. The lowest BCUT2D eigenvalue weighted by molar-refractivity contribution is -0.144. The molecule has 7 nitrogen and oxygen atoms in total. The normalized spacial score (nSPS) is 13.0. The number of benzene rings is 1. The van der Waals surface area contributed by atoms with Crippen molar-refractivity contribution in [3.63, 3.8) is 0 Å². The van der Waals surface area contributed by atoms with Gasteiger partial charge in [0.2, 0.25) is 0 Å². The number of hydrogen-bond donors (Lipinski definition) is 1.